The summed E-state index contributed by atoms with van der Waals surface area (Å²) in [7, 11) is 0. The van der Waals surface area contributed by atoms with Crippen LogP contribution < -0.4 is 4.74 Å². The van der Waals surface area contributed by atoms with Gasteiger partial charge in [-0.25, -0.2) is 4.58 Å². The Hall–Kier alpha value is -1.63. The lowest BCUT2D eigenvalue weighted by Gasteiger charge is -2.60. The topological polar surface area (TPSA) is 71.2 Å². The molecule has 4 fully saturated rings. The zero-order chi connectivity index (χ0) is 18.7. The molecule has 1 aromatic carbocycles. The summed E-state index contributed by atoms with van der Waals surface area (Å²) in [5.41, 5.74) is 0.707. The first-order valence-electron chi connectivity index (χ1n) is 10.7. The van der Waals surface area contributed by atoms with Crippen molar-refractivity contribution in [3.05, 3.63) is 23.3 Å². The molecule has 0 aromatic heterocycles. The van der Waals surface area contributed by atoms with Gasteiger partial charge >= 0.3 is 0 Å². The highest BCUT2D eigenvalue weighted by Gasteiger charge is 2.79. The molecule has 0 amide bonds. The third kappa shape index (κ3) is 1.67. The fourth-order valence-electron chi connectivity index (χ4n) is 7.00. The van der Waals surface area contributed by atoms with Crippen molar-refractivity contribution in [1.29, 1.82) is 0 Å². The van der Waals surface area contributed by atoms with Crippen molar-refractivity contribution < 1.29 is 29.0 Å². The Morgan fingerprint density at radius 2 is 1.93 bits per heavy atom. The van der Waals surface area contributed by atoms with Gasteiger partial charge in [0.25, 0.3) is 0 Å². The molecule has 3 heterocycles. The first-order valence-corrected chi connectivity index (χ1v) is 10.7. The van der Waals surface area contributed by atoms with E-state index >= 15 is 0 Å². The lowest BCUT2D eigenvalue weighted by atomic mass is 9.48. The van der Waals surface area contributed by atoms with Gasteiger partial charge < -0.3 is 24.4 Å². The van der Waals surface area contributed by atoms with Crippen molar-refractivity contribution >= 4 is 6.21 Å². The van der Waals surface area contributed by atoms with Crippen LogP contribution in [0.4, 0.5) is 0 Å². The summed E-state index contributed by atoms with van der Waals surface area (Å²) in [6.07, 6.45) is 7.29. The van der Waals surface area contributed by atoms with E-state index in [1.165, 1.54) is 18.4 Å². The maximum absolute atomic E-state index is 12.3. The van der Waals surface area contributed by atoms with E-state index in [0.717, 1.165) is 24.9 Å². The molecule has 2 N–H and O–H groups in total. The first-order chi connectivity index (χ1) is 13.6. The van der Waals surface area contributed by atoms with Crippen LogP contribution in [-0.2, 0) is 21.3 Å². The largest absolute Gasteiger partial charge is 0.504 e. The van der Waals surface area contributed by atoms with E-state index in [1.807, 2.05) is 6.07 Å². The predicted molar refractivity (Wildman–Crippen MR) is 99.0 cm³/mol. The Morgan fingerprint density at radius 3 is 2.71 bits per heavy atom. The lowest BCUT2D eigenvalue weighted by Crippen LogP contribution is -2.78. The molecule has 7 rings (SSSR count). The Labute approximate surface area is 163 Å². The van der Waals surface area contributed by atoms with Gasteiger partial charge in [0.1, 0.15) is 18.4 Å². The smallest absolute Gasteiger partial charge is 0.207 e. The zero-order valence-corrected chi connectivity index (χ0v) is 15.9. The van der Waals surface area contributed by atoms with E-state index in [2.05, 4.69) is 10.8 Å². The molecular formula is C22H26NO5+. The van der Waals surface area contributed by atoms with Gasteiger partial charge in [-0.15, -0.1) is 0 Å². The summed E-state index contributed by atoms with van der Waals surface area (Å²) >= 11 is 0. The fraction of sp³-hybridized carbons (Fsp3) is 0.682. The fourth-order valence-corrected chi connectivity index (χ4v) is 7.00. The molecule has 6 heteroatoms. The number of nitrogens with zero attached hydrogens (tertiary/aromatic N) is 1. The molecule has 0 radical (unpaired) electrons. The number of hydrogen-bond donors (Lipinski definition) is 2. The van der Waals surface area contributed by atoms with Gasteiger partial charge in [0.05, 0.1) is 18.6 Å². The van der Waals surface area contributed by atoms with E-state index in [-0.39, 0.29) is 11.8 Å². The Morgan fingerprint density at radius 1 is 1.11 bits per heavy atom. The molecule has 2 spiro atoms. The molecule has 4 atom stereocenters. The standard InChI is InChI=1S/C22H25NO5/c24-15-4-3-14-11-16-21(25)5-6-22(26-9-10-27-22)19-20(21,17(14)18(15)28-19)7-8-23(16)12-13-1-2-13/h3-4,12-13,16,19,25H,1-2,5-11H2/p+1/t16-,19-,20+,21-/m1/s1. The van der Waals surface area contributed by atoms with Crippen LogP contribution in [0.5, 0.6) is 11.5 Å². The van der Waals surface area contributed by atoms with Gasteiger partial charge in [-0.2, -0.15) is 0 Å². The average Bonchev–Trinajstić information content (AvgIpc) is 3.23. The maximum atomic E-state index is 12.3. The van der Waals surface area contributed by atoms with E-state index in [1.54, 1.807) is 6.07 Å². The van der Waals surface area contributed by atoms with Crippen LogP contribution in [0.3, 0.4) is 0 Å². The Balaban J connectivity index is 1.49. The maximum Gasteiger partial charge on any atom is 0.207 e. The molecule has 6 aliphatic rings. The molecule has 28 heavy (non-hydrogen) atoms. The van der Waals surface area contributed by atoms with Crippen LogP contribution in [0.25, 0.3) is 0 Å². The summed E-state index contributed by atoms with van der Waals surface area (Å²) in [4.78, 5) is 0. The quantitative estimate of drug-likeness (QED) is 0.718. The van der Waals surface area contributed by atoms with Gasteiger partial charge in [0.2, 0.25) is 5.79 Å². The Kier molecular flexibility index (Phi) is 2.84. The summed E-state index contributed by atoms with van der Waals surface area (Å²) in [6, 6.07) is 3.79. The van der Waals surface area contributed by atoms with E-state index in [0.29, 0.717) is 37.7 Å². The minimum Gasteiger partial charge on any atom is -0.504 e. The van der Waals surface area contributed by atoms with Gasteiger partial charge in [-0.3, -0.25) is 0 Å². The van der Waals surface area contributed by atoms with E-state index < -0.39 is 22.9 Å². The van der Waals surface area contributed by atoms with Crippen LogP contribution >= 0.6 is 0 Å². The third-order valence-corrected chi connectivity index (χ3v) is 8.31. The monoisotopic (exact) mass is 384 g/mol. The average molecular weight is 384 g/mol. The zero-order valence-electron chi connectivity index (χ0n) is 15.9. The second-order valence-corrected chi connectivity index (χ2v) is 9.54. The molecule has 2 saturated carbocycles. The summed E-state index contributed by atoms with van der Waals surface area (Å²) in [5, 5.41) is 22.9. The van der Waals surface area contributed by atoms with Crippen molar-refractivity contribution in [2.45, 2.75) is 67.5 Å². The molecule has 0 unspecified atom stereocenters. The molecule has 3 aliphatic heterocycles. The summed E-state index contributed by atoms with van der Waals surface area (Å²) in [5.74, 6) is 0.545. The number of fused-ring (bicyclic) bond motifs is 1. The van der Waals surface area contributed by atoms with E-state index in [9.17, 15) is 10.2 Å². The number of rotatable bonds is 1. The molecule has 148 valence electrons. The van der Waals surface area contributed by atoms with Crippen molar-refractivity contribution in [1.82, 2.24) is 0 Å². The summed E-state index contributed by atoms with van der Waals surface area (Å²) in [6.45, 7) is 2.00. The number of phenolic OH excluding ortho intramolecular Hbond substituents is 1. The van der Waals surface area contributed by atoms with Crippen molar-refractivity contribution in [3.63, 3.8) is 0 Å². The molecular weight excluding hydrogens is 358 g/mol. The summed E-state index contributed by atoms with van der Waals surface area (Å²) < 4.78 is 21.2. The van der Waals surface area contributed by atoms with Gasteiger partial charge in [0.15, 0.2) is 23.6 Å². The normalized spacial score (nSPS) is 43.2. The lowest BCUT2D eigenvalue weighted by molar-refractivity contribution is -0.610. The number of piperidine rings is 1. The molecule has 1 aromatic rings. The molecule has 6 nitrogen and oxygen atoms in total. The number of aliphatic hydroxyl groups is 1. The van der Waals surface area contributed by atoms with Crippen molar-refractivity contribution in [3.8, 4) is 11.5 Å². The van der Waals surface area contributed by atoms with Crippen molar-refractivity contribution in [2.75, 3.05) is 19.8 Å². The second kappa shape index (κ2) is 4.91. The minimum atomic E-state index is -0.909. The van der Waals surface area contributed by atoms with Gasteiger partial charge in [0, 0.05) is 30.7 Å². The number of aromatic hydroxyl groups is 1. The van der Waals surface area contributed by atoms with Crippen molar-refractivity contribution in [2.24, 2.45) is 5.92 Å². The number of ether oxygens (including phenoxy) is 3. The van der Waals surface area contributed by atoms with E-state index in [4.69, 9.17) is 14.2 Å². The van der Waals surface area contributed by atoms with Crippen LogP contribution in [0.2, 0.25) is 0 Å². The number of hydrogen-bond acceptors (Lipinski definition) is 5. The highest BCUT2D eigenvalue weighted by molar-refractivity contribution is 5.63. The SMILES string of the molecule is Oc1ccc2c3c1O[C@H]1C4(CC[C@@]5(O)[C@@H](C2)[N+](=CC2CC2)CC[C@]315)OCCO4. The van der Waals surface area contributed by atoms with Crippen LogP contribution in [0.15, 0.2) is 12.1 Å². The van der Waals surface area contributed by atoms with Gasteiger partial charge in [-0.1, -0.05) is 6.07 Å². The molecule has 3 aliphatic carbocycles. The van der Waals surface area contributed by atoms with Crippen LogP contribution in [0.1, 0.15) is 43.2 Å². The highest BCUT2D eigenvalue weighted by Crippen LogP contribution is 2.67. The third-order valence-electron chi connectivity index (χ3n) is 8.31. The molecule has 2 saturated heterocycles. The highest BCUT2D eigenvalue weighted by atomic mass is 16.8. The van der Waals surface area contributed by atoms with Gasteiger partial charge in [-0.05, 0) is 30.9 Å². The second-order valence-electron chi connectivity index (χ2n) is 9.54. The Bertz CT molecular complexity index is 918. The first kappa shape index (κ1) is 16.2. The predicted octanol–water partition coefficient (Wildman–Crippen LogP) is 1.48. The minimum absolute atomic E-state index is 0.0368. The number of benzene rings is 1. The van der Waals surface area contributed by atoms with Crippen LogP contribution in [0, 0.1) is 5.92 Å². The number of phenols is 1. The molecule has 2 bridgehead atoms. The van der Waals surface area contributed by atoms with Crippen LogP contribution in [-0.4, -0.2) is 64.3 Å².